The van der Waals surface area contributed by atoms with Gasteiger partial charge < -0.3 is 10.2 Å². The minimum Gasteiger partial charge on any atom is -0.504 e. The number of phenols is 2. The topological polar surface area (TPSA) is 133 Å². The molecule has 0 spiro atoms. The second-order valence-electron chi connectivity index (χ2n) is 3.93. The molecule has 1 heterocycles. The summed E-state index contributed by atoms with van der Waals surface area (Å²) >= 11 is 0. The number of nitrogens with zero attached hydrogens (tertiary/aromatic N) is 4. The first-order valence-corrected chi connectivity index (χ1v) is 5.61. The minimum atomic E-state index is -0.830. The van der Waals surface area contributed by atoms with E-state index in [0.29, 0.717) is 5.69 Å². The van der Waals surface area contributed by atoms with Crippen molar-refractivity contribution in [2.75, 3.05) is 0 Å². The molecule has 0 radical (unpaired) electrons. The van der Waals surface area contributed by atoms with Crippen LogP contribution in [0.1, 0.15) is 11.3 Å². The van der Waals surface area contributed by atoms with Crippen LogP contribution in [0.3, 0.4) is 0 Å². The Morgan fingerprint density at radius 1 is 1.43 bits per heavy atom. The molecule has 0 unspecified atom stereocenters. The van der Waals surface area contributed by atoms with Gasteiger partial charge in [0.2, 0.25) is 5.75 Å². The maximum absolute atomic E-state index is 10.8. The number of allylic oxidation sites excluding steroid dienone is 1. The van der Waals surface area contributed by atoms with Crippen LogP contribution in [-0.4, -0.2) is 25.1 Å². The largest absolute Gasteiger partial charge is 0.504 e. The SMILES string of the molecule is N#C/C(=C\c1cc(O)c(O)c([N+](=O)[O-])c1)c1ccncn1. The average Bonchev–Trinajstić information content (AvgIpc) is 2.48. The molecule has 2 N–H and O–H groups in total. The highest BCUT2D eigenvalue weighted by Gasteiger charge is 2.18. The summed E-state index contributed by atoms with van der Waals surface area (Å²) in [5, 5.41) is 38.8. The van der Waals surface area contributed by atoms with E-state index in [2.05, 4.69) is 9.97 Å². The van der Waals surface area contributed by atoms with Crippen LogP contribution < -0.4 is 0 Å². The molecule has 0 amide bonds. The summed E-state index contributed by atoms with van der Waals surface area (Å²) in [7, 11) is 0. The number of hydrogen-bond donors (Lipinski definition) is 2. The highest BCUT2D eigenvalue weighted by Crippen LogP contribution is 2.36. The van der Waals surface area contributed by atoms with E-state index < -0.39 is 22.1 Å². The number of nitriles is 1. The summed E-state index contributed by atoms with van der Waals surface area (Å²) in [6.07, 6.45) is 4.02. The van der Waals surface area contributed by atoms with Crippen molar-refractivity contribution < 1.29 is 15.1 Å². The minimum absolute atomic E-state index is 0.136. The van der Waals surface area contributed by atoms with Crippen molar-refractivity contribution in [3.8, 4) is 17.6 Å². The summed E-state index contributed by atoms with van der Waals surface area (Å²) in [5.74, 6) is -1.46. The molecule has 0 saturated heterocycles. The van der Waals surface area contributed by atoms with Crippen LogP contribution >= 0.6 is 0 Å². The third kappa shape index (κ3) is 2.93. The second kappa shape index (κ2) is 5.66. The van der Waals surface area contributed by atoms with Gasteiger partial charge in [0.05, 0.1) is 16.2 Å². The zero-order valence-corrected chi connectivity index (χ0v) is 10.5. The lowest BCUT2D eigenvalue weighted by atomic mass is 10.1. The van der Waals surface area contributed by atoms with Crippen LogP contribution in [0, 0.1) is 21.4 Å². The van der Waals surface area contributed by atoms with Crippen molar-refractivity contribution in [2.45, 2.75) is 0 Å². The van der Waals surface area contributed by atoms with Gasteiger partial charge in [-0.1, -0.05) is 0 Å². The average molecular weight is 284 g/mol. The maximum Gasteiger partial charge on any atom is 0.315 e. The van der Waals surface area contributed by atoms with E-state index in [4.69, 9.17) is 5.26 Å². The first kappa shape index (κ1) is 14.0. The Morgan fingerprint density at radius 2 is 2.19 bits per heavy atom. The standard InChI is InChI=1S/C13H8N4O4/c14-6-9(10-1-2-15-7-16-10)3-8-4-11(17(20)21)13(19)12(18)5-8/h1-5,7,18-19H/b9-3+. The number of hydrogen-bond acceptors (Lipinski definition) is 7. The molecular weight excluding hydrogens is 276 g/mol. The third-order valence-electron chi connectivity index (χ3n) is 2.58. The van der Waals surface area contributed by atoms with Crippen molar-refractivity contribution in [1.82, 2.24) is 9.97 Å². The molecule has 0 bridgehead atoms. The molecule has 0 fully saturated rings. The van der Waals surface area contributed by atoms with Gasteiger partial charge in [-0.05, 0) is 23.8 Å². The van der Waals surface area contributed by atoms with E-state index in [1.807, 2.05) is 6.07 Å². The fourth-order valence-electron chi connectivity index (χ4n) is 1.63. The monoisotopic (exact) mass is 284 g/mol. The molecule has 0 saturated carbocycles. The van der Waals surface area contributed by atoms with E-state index in [9.17, 15) is 20.3 Å². The lowest BCUT2D eigenvalue weighted by molar-refractivity contribution is -0.386. The Labute approximate surface area is 118 Å². The van der Waals surface area contributed by atoms with Gasteiger partial charge in [0.25, 0.3) is 0 Å². The van der Waals surface area contributed by atoms with Gasteiger partial charge in [-0.3, -0.25) is 10.1 Å². The maximum atomic E-state index is 10.8. The summed E-state index contributed by atoms with van der Waals surface area (Å²) in [6, 6.07) is 5.57. The van der Waals surface area contributed by atoms with Gasteiger partial charge in [0.1, 0.15) is 12.4 Å². The molecule has 0 aliphatic heterocycles. The van der Waals surface area contributed by atoms with Gasteiger partial charge in [-0.25, -0.2) is 9.97 Å². The van der Waals surface area contributed by atoms with Crippen LogP contribution in [-0.2, 0) is 0 Å². The zero-order valence-electron chi connectivity index (χ0n) is 10.5. The van der Waals surface area contributed by atoms with Crippen molar-refractivity contribution in [1.29, 1.82) is 5.26 Å². The number of nitro groups is 1. The first-order chi connectivity index (χ1) is 10.0. The van der Waals surface area contributed by atoms with Crippen LogP contribution in [0.5, 0.6) is 11.5 Å². The Kier molecular flexibility index (Phi) is 3.76. The molecular formula is C13H8N4O4. The zero-order chi connectivity index (χ0) is 15.4. The van der Waals surface area contributed by atoms with Crippen LogP contribution in [0.4, 0.5) is 5.69 Å². The van der Waals surface area contributed by atoms with Crippen LogP contribution in [0.15, 0.2) is 30.7 Å². The number of phenolic OH excluding ortho intramolecular Hbond substituents is 2. The quantitative estimate of drug-likeness (QED) is 0.380. The van der Waals surface area contributed by atoms with Gasteiger partial charge in [-0.2, -0.15) is 5.26 Å². The predicted octanol–water partition coefficient (Wildman–Crippen LogP) is 1.86. The molecule has 1 aromatic heterocycles. The highest BCUT2D eigenvalue weighted by atomic mass is 16.6. The van der Waals surface area contributed by atoms with Gasteiger partial charge in [-0.15, -0.1) is 0 Å². The summed E-state index contributed by atoms with van der Waals surface area (Å²) < 4.78 is 0. The van der Waals surface area contributed by atoms with Gasteiger partial charge in [0.15, 0.2) is 5.75 Å². The van der Waals surface area contributed by atoms with E-state index in [1.165, 1.54) is 24.7 Å². The molecule has 0 atom stereocenters. The van der Waals surface area contributed by atoms with Crippen LogP contribution in [0.2, 0.25) is 0 Å². The van der Waals surface area contributed by atoms with Crippen molar-refractivity contribution in [3.63, 3.8) is 0 Å². The number of benzene rings is 1. The number of rotatable bonds is 3. The van der Waals surface area contributed by atoms with E-state index in [-0.39, 0.29) is 11.1 Å². The predicted molar refractivity (Wildman–Crippen MR) is 71.9 cm³/mol. The molecule has 8 nitrogen and oxygen atoms in total. The fourth-order valence-corrected chi connectivity index (χ4v) is 1.63. The molecule has 21 heavy (non-hydrogen) atoms. The second-order valence-corrected chi connectivity index (χ2v) is 3.93. The van der Waals surface area contributed by atoms with Crippen LogP contribution in [0.25, 0.3) is 11.6 Å². The van der Waals surface area contributed by atoms with E-state index >= 15 is 0 Å². The summed E-state index contributed by atoms with van der Waals surface area (Å²) in [4.78, 5) is 17.6. The first-order valence-electron chi connectivity index (χ1n) is 5.61. The van der Waals surface area contributed by atoms with Gasteiger partial charge >= 0.3 is 5.69 Å². The summed E-state index contributed by atoms with van der Waals surface area (Å²) in [5.41, 5.74) is 0.00731. The Hall–Kier alpha value is -3.47. The Morgan fingerprint density at radius 3 is 2.76 bits per heavy atom. The molecule has 104 valence electrons. The van der Waals surface area contributed by atoms with Crippen molar-refractivity contribution in [3.05, 3.63) is 52.1 Å². The normalized spacial score (nSPS) is 10.9. The third-order valence-corrected chi connectivity index (χ3v) is 2.58. The number of nitro benzene ring substituents is 1. The number of aromatic hydroxyl groups is 2. The lowest BCUT2D eigenvalue weighted by Gasteiger charge is -2.02. The Balaban J connectivity index is 2.54. The molecule has 2 rings (SSSR count). The van der Waals surface area contributed by atoms with E-state index in [1.54, 1.807) is 0 Å². The molecule has 8 heteroatoms. The molecule has 2 aromatic rings. The van der Waals surface area contributed by atoms with E-state index in [0.717, 1.165) is 12.1 Å². The molecule has 0 aliphatic rings. The van der Waals surface area contributed by atoms with Gasteiger partial charge in [0, 0.05) is 12.3 Å². The highest BCUT2D eigenvalue weighted by molar-refractivity contribution is 5.89. The summed E-state index contributed by atoms with van der Waals surface area (Å²) in [6.45, 7) is 0. The number of aromatic nitrogens is 2. The molecule has 0 aliphatic carbocycles. The lowest BCUT2D eigenvalue weighted by Crippen LogP contribution is -1.91. The Bertz CT molecular complexity index is 766. The van der Waals surface area contributed by atoms with Crippen molar-refractivity contribution >= 4 is 17.3 Å². The van der Waals surface area contributed by atoms with Crippen molar-refractivity contribution in [2.24, 2.45) is 0 Å². The molecule has 1 aromatic carbocycles. The fraction of sp³-hybridized carbons (Fsp3) is 0. The smallest absolute Gasteiger partial charge is 0.315 e.